The Labute approximate surface area is 116 Å². The zero-order chi connectivity index (χ0) is 14.8. The van der Waals surface area contributed by atoms with E-state index in [2.05, 4.69) is 4.72 Å². The number of nitrogens with one attached hydrogen (secondary N) is 1. The fourth-order valence-corrected chi connectivity index (χ4v) is 3.09. The lowest BCUT2D eigenvalue weighted by molar-refractivity contribution is 0.546. The van der Waals surface area contributed by atoms with Crippen LogP contribution in [0.4, 0.5) is 8.78 Å². The van der Waals surface area contributed by atoms with E-state index in [-0.39, 0.29) is 0 Å². The van der Waals surface area contributed by atoms with Gasteiger partial charge < -0.3 is 0 Å². The molecule has 2 aromatic carbocycles. The molecule has 0 radical (unpaired) electrons. The van der Waals surface area contributed by atoms with E-state index >= 15 is 0 Å². The second kappa shape index (κ2) is 5.68. The van der Waals surface area contributed by atoms with Crippen LogP contribution in [0.15, 0.2) is 53.4 Å². The summed E-state index contributed by atoms with van der Waals surface area (Å²) in [5.41, 5.74) is 0.589. The van der Waals surface area contributed by atoms with Gasteiger partial charge in [-0.3, -0.25) is 0 Å². The summed E-state index contributed by atoms with van der Waals surface area (Å²) in [6.07, 6.45) is 0. The van der Waals surface area contributed by atoms with Crippen LogP contribution in [0.2, 0.25) is 0 Å². The van der Waals surface area contributed by atoms with Crippen molar-refractivity contribution in [1.29, 1.82) is 0 Å². The maximum Gasteiger partial charge on any atom is 0.244 e. The largest absolute Gasteiger partial charge is 0.244 e. The molecular weight excluding hydrogens is 284 g/mol. The van der Waals surface area contributed by atoms with Crippen LogP contribution in [0.1, 0.15) is 18.5 Å². The number of hydrogen-bond donors (Lipinski definition) is 1. The molecule has 0 bridgehead atoms. The normalized spacial score (nSPS) is 13.2. The monoisotopic (exact) mass is 297 g/mol. The molecule has 20 heavy (non-hydrogen) atoms. The Hall–Kier alpha value is -1.79. The zero-order valence-corrected chi connectivity index (χ0v) is 11.5. The van der Waals surface area contributed by atoms with E-state index in [9.17, 15) is 17.2 Å². The van der Waals surface area contributed by atoms with E-state index in [0.717, 1.165) is 6.07 Å². The topological polar surface area (TPSA) is 46.2 Å². The lowest BCUT2D eigenvalue weighted by Gasteiger charge is -2.15. The highest BCUT2D eigenvalue weighted by molar-refractivity contribution is 7.89. The summed E-state index contributed by atoms with van der Waals surface area (Å²) in [5, 5.41) is 0. The van der Waals surface area contributed by atoms with Gasteiger partial charge in [0.25, 0.3) is 0 Å². The van der Waals surface area contributed by atoms with Gasteiger partial charge >= 0.3 is 0 Å². The molecule has 0 aliphatic carbocycles. The summed E-state index contributed by atoms with van der Waals surface area (Å²) in [6.45, 7) is 1.60. The summed E-state index contributed by atoms with van der Waals surface area (Å²) >= 11 is 0. The van der Waals surface area contributed by atoms with Crippen LogP contribution < -0.4 is 4.72 Å². The first-order chi connectivity index (χ1) is 9.40. The molecule has 0 saturated carbocycles. The van der Waals surface area contributed by atoms with Crippen LogP contribution >= 0.6 is 0 Å². The first-order valence-electron chi connectivity index (χ1n) is 5.92. The molecule has 6 heteroatoms. The quantitative estimate of drug-likeness (QED) is 0.943. The third-order valence-corrected chi connectivity index (χ3v) is 4.40. The first kappa shape index (κ1) is 14.6. The molecule has 0 unspecified atom stereocenters. The molecule has 0 fully saturated rings. The minimum atomic E-state index is -3.97. The maximum absolute atomic E-state index is 13.5. The molecule has 1 atom stereocenters. The van der Waals surface area contributed by atoms with Crippen molar-refractivity contribution < 1.29 is 17.2 Å². The van der Waals surface area contributed by atoms with Gasteiger partial charge in [-0.2, -0.15) is 0 Å². The van der Waals surface area contributed by atoms with Crippen molar-refractivity contribution in [2.24, 2.45) is 0 Å². The van der Waals surface area contributed by atoms with Gasteiger partial charge in [-0.25, -0.2) is 21.9 Å². The van der Waals surface area contributed by atoms with Gasteiger partial charge in [-0.05, 0) is 36.8 Å². The molecule has 0 heterocycles. The molecule has 2 rings (SSSR count). The SMILES string of the molecule is C[C@@H](NS(=O)(=O)c1ccccc1F)c1ccc(F)cc1. The van der Waals surface area contributed by atoms with Gasteiger partial charge in [0.2, 0.25) is 10.0 Å². The molecule has 1 N–H and O–H groups in total. The lowest BCUT2D eigenvalue weighted by Crippen LogP contribution is -2.27. The van der Waals surface area contributed by atoms with Crippen LogP contribution in [0.5, 0.6) is 0 Å². The Kier molecular flexibility index (Phi) is 4.15. The number of sulfonamides is 1. The Morgan fingerprint density at radius 2 is 1.60 bits per heavy atom. The second-order valence-electron chi connectivity index (χ2n) is 4.32. The average Bonchev–Trinajstić information content (AvgIpc) is 2.39. The summed E-state index contributed by atoms with van der Waals surface area (Å²) in [7, 11) is -3.97. The molecule has 2 aromatic rings. The van der Waals surface area contributed by atoms with Crippen molar-refractivity contribution >= 4 is 10.0 Å². The predicted molar refractivity (Wildman–Crippen MR) is 71.5 cm³/mol. The van der Waals surface area contributed by atoms with E-state index < -0.39 is 32.6 Å². The molecule has 0 spiro atoms. The Morgan fingerprint density at radius 3 is 2.20 bits per heavy atom. The van der Waals surface area contributed by atoms with Gasteiger partial charge in [-0.15, -0.1) is 0 Å². The van der Waals surface area contributed by atoms with E-state index in [1.807, 2.05) is 0 Å². The molecule has 106 valence electrons. The van der Waals surface area contributed by atoms with Gasteiger partial charge in [0.1, 0.15) is 16.5 Å². The van der Waals surface area contributed by atoms with Crippen LogP contribution in [0.3, 0.4) is 0 Å². The smallest absolute Gasteiger partial charge is 0.207 e. The molecule has 0 aliphatic heterocycles. The number of rotatable bonds is 4. The van der Waals surface area contributed by atoms with E-state index in [1.54, 1.807) is 6.92 Å². The lowest BCUT2D eigenvalue weighted by atomic mass is 10.1. The third-order valence-electron chi connectivity index (χ3n) is 2.83. The summed E-state index contributed by atoms with van der Waals surface area (Å²) in [4.78, 5) is -0.408. The van der Waals surface area contributed by atoms with Crippen molar-refractivity contribution in [3.63, 3.8) is 0 Å². The van der Waals surface area contributed by atoms with Crippen molar-refractivity contribution in [2.75, 3.05) is 0 Å². The molecule has 0 saturated heterocycles. The Bertz CT molecular complexity index is 699. The van der Waals surface area contributed by atoms with Gasteiger partial charge in [0.15, 0.2) is 0 Å². The zero-order valence-electron chi connectivity index (χ0n) is 10.7. The van der Waals surface area contributed by atoms with Crippen LogP contribution in [0, 0.1) is 11.6 Å². The number of hydrogen-bond acceptors (Lipinski definition) is 2. The highest BCUT2D eigenvalue weighted by Gasteiger charge is 2.21. The van der Waals surface area contributed by atoms with Gasteiger partial charge in [0.05, 0.1) is 0 Å². The Balaban J connectivity index is 2.24. The highest BCUT2D eigenvalue weighted by Crippen LogP contribution is 2.19. The predicted octanol–water partition coefficient (Wildman–Crippen LogP) is 3.00. The molecule has 3 nitrogen and oxygen atoms in total. The molecule has 0 amide bonds. The van der Waals surface area contributed by atoms with Crippen molar-refractivity contribution in [1.82, 2.24) is 4.72 Å². The first-order valence-corrected chi connectivity index (χ1v) is 7.41. The second-order valence-corrected chi connectivity index (χ2v) is 6.01. The van der Waals surface area contributed by atoms with Crippen LogP contribution in [-0.4, -0.2) is 8.42 Å². The van der Waals surface area contributed by atoms with E-state index in [0.29, 0.717) is 5.56 Å². The highest BCUT2D eigenvalue weighted by atomic mass is 32.2. The van der Waals surface area contributed by atoms with Gasteiger partial charge in [0, 0.05) is 6.04 Å². The van der Waals surface area contributed by atoms with Crippen LogP contribution in [0.25, 0.3) is 0 Å². The fourth-order valence-electron chi connectivity index (χ4n) is 1.78. The Morgan fingerprint density at radius 1 is 1.00 bits per heavy atom. The average molecular weight is 297 g/mol. The fraction of sp³-hybridized carbons (Fsp3) is 0.143. The summed E-state index contributed by atoms with van der Waals surface area (Å²) in [5.74, 6) is -1.22. The number of halogens is 2. The van der Waals surface area contributed by atoms with Crippen molar-refractivity contribution in [2.45, 2.75) is 17.9 Å². The minimum absolute atomic E-state index is 0.405. The van der Waals surface area contributed by atoms with Crippen LogP contribution in [-0.2, 0) is 10.0 Å². The van der Waals surface area contributed by atoms with Gasteiger partial charge in [-0.1, -0.05) is 24.3 Å². The summed E-state index contributed by atoms with van der Waals surface area (Å²) < 4.78 is 52.9. The minimum Gasteiger partial charge on any atom is -0.207 e. The standard InChI is InChI=1S/C14H13F2NO2S/c1-10(11-6-8-12(15)9-7-11)17-20(18,19)14-5-3-2-4-13(14)16/h2-10,17H,1H3/t10-/m1/s1. The molecule has 0 aromatic heterocycles. The molecule has 0 aliphatic rings. The van der Waals surface area contributed by atoms with E-state index in [4.69, 9.17) is 0 Å². The molecular formula is C14H13F2NO2S. The third kappa shape index (κ3) is 3.20. The van der Waals surface area contributed by atoms with E-state index in [1.165, 1.54) is 42.5 Å². The van der Waals surface area contributed by atoms with Crippen molar-refractivity contribution in [3.05, 3.63) is 65.7 Å². The maximum atomic E-state index is 13.5. The summed E-state index contributed by atoms with van der Waals surface area (Å²) in [6, 6.07) is 9.96. The number of benzene rings is 2. The van der Waals surface area contributed by atoms with Crippen molar-refractivity contribution in [3.8, 4) is 0 Å².